The number of para-hydroxylation sites is 3. The van der Waals surface area contributed by atoms with E-state index >= 15 is 0 Å². The number of ether oxygens (including phenoxy) is 1. The number of imidazole rings is 1. The molecular formula is C28H30N2O2. The molecule has 0 aliphatic rings. The molecule has 4 rings (SSSR count). The van der Waals surface area contributed by atoms with E-state index in [1.165, 1.54) is 0 Å². The quantitative estimate of drug-likeness (QED) is 0.210. The smallest absolute Gasteiger partial charge is 0.166 e. The average molecular weight is 427 g/mol. The van der Waals surface area contributed by atoms with Crippen LogP contribution < -0.4 is 4.74 Å². The predicted molar refractivity (Wildman–Crippen MR) is 130 cm³/mol. The van der Waals surface area contributed by atoms with Gasteiger partial charge in [-0.2, -0.15) is 0 Å². The molecular weight excluding hydrogens is 396 g/mol. The van der Waals surface area contributed by atoms with Gasteiger partial charge in [-0.1, -0.05) is 68.7 Å². The molecule has 4 nitrogen and oxygen atoms in total. The van der Waals surface area contributed by atoms with Crippen LogP contribution in [-0.2, 0) is 6.42 Å². The van der Waals surface area contributed by atoms with Gasteiger partial charge in [-0.05, 0) is 42.8 Å². The SMILES string of the molecule is CCCCCC(Cc1nc2ccccc2n1-c1ccccc1)C(=O)c1cccc(OC)c1. The number of benzene rings is 3. The molecule has 1 atom stereocenters. The van der Waals surface area contributed by atoms with E-state index in [-0.39, 0.29) is 11.7 Å². The van der Waals surface area contributed by atoms with Crippen LogP contribution in [0.25, 0.3) is 16.7 Å². The Morgan fingerprint density at radius 2 is 1.75 bits per heavy atom. The lowest BCUT2D eigenvalue weighted by atomic mass is 9.89. The number of rotatable bonds is 10. The van der Waals surface area contributed by atoms with E-state index in [1.807, 2.05) is 60.7 Å². The standard InChI is InChI=1S/C28H30N2O2/c1-3-4-6-12-22(28(31)21-13-11-16-24(19-21)32-2)20-27-29-25-17-9-10-18-26(25)30(27)23-14-7-5-8-15-23/h5,7-11,13-19,22H,3-4,6,12,20H2,1-2H3. The van der Waals surface area contributed by atoms with Crippen molar-refractivity contribution in [2.24, 2.45) is 5.92 Å². The lowest BCUT2D eigenvalue weighted by Gasteiger charge is -2.17. The number of Topliss-reactive ketones (excluding diaryl/α,β-unsaturated/α-hetero) is 1. The van der Waals surface area contributed by atoms with Gasteiger partial charge in [0.25, 0.3) is 0 Å². The summed E-state index contributed by atoms with van der Waals surface area (Å²) in [5, 5.41) is 0. The minimum Gasteiger partial charge on any atom is -0.497 e. The molecule has 0 aliphatic carbocycles. The van der Waals surface area contributed by atoms with E-state index < -0.39 is 0 Å². The molecule has 0 aliphatic heterocycles. The fraction of sp³-hybridized carbons (Fsp3) is 0.286. The Balaban J connectivity index is 1.73. The first kappa shape index (κ1) is 21.8. The third kappa shape index (κ3) is 4.75. The van der Waals surface area contributed by atoms with Crippen molar-refractivity contribution in [3.05, 3.63) is 90.3 Å². The maximum absolute atomic E-state index is 13.6. The molecule has 3 aromatic carbocycles. The second kappa shape index (κ2) is 10.3. The molecule has 0 saturated carbocycles. The van der Waals surface area contributed by atoms with Gasteiger partial charge in [0.15, 0.2) is 5.78 Å². The molecule has 0 fully saturated rings. The number of nitrogens with zero attached hydrogens (tertiary/aromatic N) is 2. The van der Waals surface area contributed by atoms with Crippen molar-refractivity contribution in [2.75, 3.05) is 7.11 Å². The molecule has 4 heteroatoms. The average Bonchev–Trinajstić information content (AvgIpc) is 3.21. The first-order valence-corrected chi connectivity index (χ1v) is 11.4. The lowest BCUT2D eigenvalue weighted by Crippen LogP contribution is -2.20. The number of aromatic nitrogens is 2. The summed E-state index contributed by atoms with van der Waals surface area (Å²) in [5.41, 5.74) is 3.79. The topological polar surface area (TPSA) is 44.1 Å². The van der Waals surface area contributed by atoms with Crippen LogP contribution in [0.3, 0.4) is 0 Å². The first-order chi connectivity index (χ1) is 15.7. The van der Waals surface area contributed by atoms with Crippen molar-refractivity contribution < 1.29 is 9.53 Å². The zero-order valence-electron chi connectivity index (χ0n) is 18.8. The first-order valence-electron chi connectivity index (χ1n) is 11.4. The Morgan fingerprint density at radius 3 is 2.53 bits per heavy atom. The molecule has 164 valence electrons. The van der Waals surface area contributed by atoms with Gasteiger partial charge < -0.3 is 4.74 Å². The monoisotopic (exact) mass is 426 g/mol. The van der Waals surface area contributed by atoms with Gasteiger partial charge in [-0.25, -0.2) is 4.98 Å². The van der Waals surface area contributed by atoms with Gasteiger partial charge in [-0.15, -0.1) is 0 Å². The number of methoxy groups -OCH3 is 1. The molecule has 1 aromatic heterocycles. The molecule has 0 saturated heterocycles. The van der Waals surface area contributed by atoms with Crippen molar-refractivity contribution >= 4 is 16.8 Å². The van der Waals surface area contributed by atoms with Gasteiger partial charge in [0, 0.05) is 23.6 Å². The summed E-state index contributed by atoms with van der Waals surface area (Å²) in [6, 6.07) is 25.9. The molecule has 1 unspecified atom stereocenters. The Labute approximate surface area is 189 Å². The zero-order valence-corrected chi connectivity index (χ0v) is 18.8. The van der Waals surface area contributed by atoms with Gasteiger partial charge in [0.2, 0.25) is 0 Å². The number of hydrogen-bond acceptors (Lipinski definition) is 3. The zero-order chi connectivity index (χ0) is 22.3. The van der Waals surface area contributed by atoms with E-state index in [9.17, 15) is 4.79 Å². The van der Waals surface area contributed by atoms with Crippen LogP contribution in [0.5, 0.6) is 5.75 Å². The fourth-order valence-corrected chi connectivity index (χ4v) is 4.28. The summed E-state index contributed by atoms with van der Waals surface area (Å²) in [6.07, 6.45) is 4.73. The van der Waals surface area contributed by atoms with Gasteiger partial charge in [-0.3, -0.25) is 9.36 Å². The highest BCUT2D eigenvalue weighted by atomic mass is 16.5. The summed E-state index contributed by atoms with van der Waals surface area (Å²) < 4.78 is 7.55. The summed E-state index contributed by atoms with van der Waals surface area (Å²) in [4.78, 5) is 18.5. The predicted octanol–water partition coefficient (Wildman–Crippen LogP) is 6.66. The maximum Gasteiger partial charge on any atom is 0.166 e. The highest BCUT2D eigenvalue weighted by Crippen LogP contribution is 2.27. The largest absolute Gasteiger partial charge is 0.497 e. The number of ketones is 1. The van der Waals surface area contributed by atoms with Gasteiger partial charge in [0.05, 0.1) is 18.1 Å². The number of unbranched alkanes of at least 4 members (excludes halogenated alkanes) is 2. The Bertz CT molecular complexity index is 1180. The normalized spacial score (nSPS) is 12.1. The van der Waals surface area contributed by atoms with E-state index in [2.05, 4.69) is 29.7 Å². The van der Waals surface area contributed by atoms with E-state index in [4.69, 9.17) is 9.72 Å². The van der Waals surface area contributed by atoms with Gasteiger partial charge >= 0.3 is 0 Å². The lowest BCUT2D eigenvalue weighted by molar-refractivity contribution is 0.0908. The van der Waals surface area contributed by atoms with Crippen LogP contribution in [0.2, 0.25) is 0 Å². The van der Waals surface area contributed by atoms with Crippen LogP contribution >= 0.6 is 0 Å². The third-order valence-corrected chi connectivity index (χ3v) is 5.95. The van der Waals surface area contributed by atoms with Crippen LogP contribution in [0, 0.1) is 5.92 Å². The molecule has 0 bridgehead atoms. The van der Waals surface area contributed by atoms with Crippen molar-refractivity contribution in [1.29, 1.82) is 0 Å². The molecule has 32 heavy (non-hydrogen) atoms. The van der Waals surface area contributed by atoms with E-state index in [0.29, 0.717) is 17.7 Å². The fourth-order valence-electron chi connectivity index (χ4n) is 4.28. The molecule has 0 spiro atoms. The molecule has 1 heterocycles. The van der Waals surface area contributed by atoms with Crippen molar-refractivity contribution in [3.8, 4) is 11.4 Å². The van der Waals surface area contributed by atoms with E-state index in [1.54, 1.807) is 7.11 Å². The van der Waals surface area contributed by atoms with Crippen LogP contribution in [0.1, 0.15) is 48.8 Å². The molecule has 0 amide bonds. The molecule has 4 aromatic rings. The number of fused-ring (bicyclic) bond motifs is 1. The number of carbonyl (C=O) groups excluding carboxylic acids is 1. The van der Waals surface area contributed by atoms with Crippen LogP contribution in [-0.4, -0.2) is 22.4 Å². The van der Waals surface area contributed by atoms with Gasteiger partial charge in [0.1, 0.15) is 11.6 Å². The summed E-state index contributed by atoms with van der Waals surface area (Å²) in [6.45, 7) is 2.19. The minimum absolute atomic E-state index is 0.132. The number of hydrogen-bond donors (Lipinski definition) is 0. The summed E-state index contributed by atoms with van der Waals surface area (Å²) >= 11 is 0. The Hall–Kier alpha value is -3.40. The number of carbonyl (C=O) groups is 1. The Morgan fingerprint density at radius 1 is 0.969 bits per heavy atom. The second-order valence-corrected chi connectivity index (χ2v) is 8.18. The van der Waals surface area contributed by atoms with Crippen molar-refractivity contribution in [3.63, 3.8) is 0 Å². The summed E-state index contributed by atoms with van der Waals surface area (Å²) in [7, 11) is 1.63. The highest BCUT2D eigenvalue weighted by molar-refractivity contribution is 5.98. The van der Waals surface area contributed by atoms with Crippen LogP contribution in [0.4, 0.5) is 0 Å². The third-order valence-electron chi connectivity index (χ3n) is 5.95. The van der Waals surface area contributed by atoms with Crippen LogP contribution in [0.15, 0.2) is 78.9 Å². The minimum atomic E-state index is -0.132. The Kier molecular flexibility index (Phi) is 7.00. The molecule has 0 radical (unpaired) electrons. The van der Waals surface area contributed by atoms with Crippen molar-refractivity contribution in [1.82, 2.24) is 9.55 Å². The summed E-state index contributed by atoms with van der Waals surface area (Å²) in [5.74, 6) is 1.66. The molecule has 0 N–H and O–H groups in total. The van der Waals surface area contributed by atoms with E-state index in [0.717, 1.165) is 48.2 Å². The maximum atomic E-state index is 13.6. The van der Waals surface area contributed by atoms with Crippen molar-refractivity contribution in [2.45, 2.75) is 39.0 Å². The second-order valence-electron chi connectivity index (χ2n) is 8.18. The highest BCUT2D eigenvalue weighted by Gasteiger charge is 2.24.